The van der Waals surface area contributed by atoms with Crippen LogP contribution in [0, 0.1) is 11.3 Å². The second-order valence-electron chi connectivity index (χ2n) is 7.98. The van der Waals surface area contributed by atoms with Crippen molar-refractivity contribution >= 4 is 15.9 Å². The molecule has 162 valence electrons. The summed E-state index contributed by atoms with van der Waals surface area (Å²) in [6.45, 7) is 3.00. The summed E-state index contributed by atoms with van der Waals surface area (Å²) in [7, 11) is -3.63. The number of nitriles is 1. The molecule has 2 aliphatic rings. The number of carbonyl (C=O) groups excluding carboxylic acids is 1. The van der Waals surface area contributed by atoms with Crippen molar-refractivity contribution in [1.82, 2.24) is 14.1 Å². The van der Waals surface area contributed by atoms with E-state index in [1.165, 1.54) is 34.1 Å². The molecule has 2 heterocycles. The second kappa shape index (κ2) is 9.18. The number of likely N-dealkylation sites (tertiary alicyclic amines) is 1. The largest absolute Gasteiger partial charge is 0.339 e. The zero-order chi connectivity index (χ0) is 21.8. The molecule has 0 saturated carbocycles. The normalized spacial score (nSPS) is 20.5. The molecule has 1 atom stereocenters. The van der Waals surface area contributed by atoms with Gasteiger partial charge in [0.1, 0.15) is 0 Å². The lowest BCUT2D eigenvalue weighted by Gasteiger charge is -2.36. The Labute approximate surface area is 183 Å². The van der Waals surface area contributed by atoms with Crippen LogP contribution in [0.2, 0.25) is 0 Å². The van der Waals surface area contributed by atoms with Gasteiger partial charge in [-0.2, -0.15) is 9.57 Å². The molecule has 0 spiro atoms. The van der Waals surface area contributed by atoms with Gasteiger partial charge in [0.15, 0.2) is 0 Å². The Balaban J connectivity index is 1.37. The topological polar surface area (TPSA) is 84.7 Å². The van der Waals surface area contributed by atoms with Crippen molar-refractivity contribution in [2.45, 2.75) is 30.3 Å². The van der Waals surface area contributed by atoms with Gasteiger partial charge in [-0.25, -0.2) is 8.42 Å². The van der Waals surface area contributed by atoms with Gasteiger partial charge in [0, 0.05) is 32.7 Å². The van der Waals surface area contributed by atoms with Crippen LogP contribution >= 0.6 is 0 Å². The highest BCUT2D eigenvalue weighted by atomic mass is 32.2. The first-order chi connectivity index (χ1) is 15.0. The van der Waals surface area contributed by atoms with Gasteiger partial charge in [-0.3, -0.25) is 9.69 Å². The molecule has 0 aromatic heterocycles. The van der Waals surface area contributed by atoms with Gasteiger partial charge >= 0.3 is 0 Å². The number of amides is 1. The third-order valence-electron chi connectivity index (χ3n) is 6.05. The smallest absolute Gasteiger partial charge is 0.243 e. The highest BCUT2D eigenvalue weighted by Gasteiger charge is 2.36. The fraction of sp³-hybridized carbons (Fsp3) is 0.391. The van der Waals surface area contributed by atoms with Crippen molar-refractivity contribution in [3.63, 3.8) is 0 Å². The predicted octanol–water partition coefficient (Wildman–Crippen LogP) is 2.06. The van der Waals surface area contributed by atoms with Crippen LogP contribution in [0.15, 0.2) is 59.5 Å². The summed E-state index contributed by atoms with van der Waals surface area (Å²) in [6, 6.07) is 18.0. The van der Waals surface area contributed by atoms with Crippen LogP contribution in [0.4, 0.5) is 0 Å². The molecule has 1 amide bonds. The quantitative estimate of drug-likeness (QED) is 0.713. The molecule has 8 heteroatoms. The SMILES string of the molecule is N#Cc1ccc(S(=O)(=O)N2CCN(C(=O)C3CCCN3Cc3ccccc3)CC2)cc1. The maximum Gasteiger partial charge on any atom is 0.243 e. The minimum Gasteiger partial charge on any atom is -0.339 e. The lowest BCUT2D eigenvalue weighted by molar-refractivity contribution is -0.137. The number of hydrogen-bond acceptors (Lipinski definition) is 5. The van der Waals surface area contributed by atoms with Gasteiger partial charge in [-0.15, -0.1) is 0 Å². The van der Waals surface area contributed by atoms with Crippen LogP contribution in [0.25, 0.3) is 0 Å². The molecular weight excluding hydrogens is 412 g/mol. The molecule has 7 nitrogen and oxygen atoms in total. The lowest BCUT2D eigenvalue weighted by atomic mass is 10.1. The molecule has 0 radical (unpaired) electrons. The number of piperazine rings is 1. The van der Waals surface area contributed by atoms with Gasteiger partial charge < -0.3 is 4.90 Å². The molecule has 4 rings (SSSR count). The highest BCUT2D eigenvalue weighted by molar-refractivity contribution is 7.89. The Morgan fingerprint density at radius 1 is 0.968 bits per heavy atom. The third-order valence-corrected chi connectivity index (χ3v) is 7.96. The van der Waals surface area contributed by atoms with Crippen LogP contribution in [-0.2, 0) is 21.4 Å². The molecule has 2 aromatic carbocycles. The number of carbonyl (C=O) groups is 1. The molecule has 2 aromatic rings. The summed E-state index contributed by atoms with van der Waals surface area (Å²) in [5.41, 5.74) is 1.62. The van der Waals surface area contributed by atoms with Crippen LogP contribution in [-0.4, -0.2) is 67.2 Å². The number of benzene rings is 2. The highest BCUT2D eigenvalue weighted by Crippen LogP contribution is 2.24. The zero-order valence-corrected chi connectivity index (χ0v) is 18.2. The standard InChI is InChI=1S/C23H26N4O3S/c24-17-19-8-10-21(11-9-19)31(29,30)27-15-13-25(14-16-27)23(28)22-7-4-12-26(22)18-20-5-2-1-3-6-20/h1-3,5-6,8-11,22H,4,7,12-16,18H2. The van der Waals surface area contributed by atoms with Gasteiger partial charge in [0.05, 0.1) is 22.6 Å². The first-order valence-corrected chi connectivity index (χ1v) is 12.0. The van der Waals surface area contributed by atoms with Crippen LogP contribution in [0.5, 0.6) is 0 Å². The first-order valence-electron chi connectivity index (χ1n) is 10.6. The third kappa shape index (κ3) is 4.64. The molecule has 2 saturated heterocycles. The zero-order valence-electron chi connectivity index (χ0n) is 17.4. The average Bonchev–Trinajstić information content (AvgIpc) is 3.27. The monoisotopic (exact) mass is 438 g/mol. The Hall–Kier alpha value is -2.73. The second-order valence-corrected chi connectivity index (χ2v) is 9.92. The van der Waals surface area contributed by atoms with E-state index in [0.29, 0.717) is 18.7 Å². The van der Waals surface area contributed by atoms with E-state index in [0.717, 1.165) is 25.9 Å². The van der Waals surface area contributed by atoms with Crippen molar-refractivity contribution in [1.29, 1.82) is 5.26 Å². The molecule has 0 N–H and O–H groups in total. The summed E-state index contributed by atoms with van der Waals surface area (Å²) in [5, 5.41) is 8.90. The van der Waals surface area contributed by atoms with E-state index in [2.05, 4.69) is 17.0 Å². The molecule has 1 unspecified atom stereocenters. The van der Waals surface area contributed by atoms with E-state index in [9.17, 15) is 13.2 Å². The van der Waals surface area contributed by atoms with Crippen LogP contribution in [0.1, 0.15) is 24.0 Å². The Bertz CT molecular complexity index is 1060. The molecular formula is C23H26N4O3S. The molecule has 0 aliphatic carbocycles. The summed E-state index contributed by atoms with van der Waals surface area (Å²) in [6.07, 6.45) is 1.84. The summed E-state index contributed by atoms with van der Waals surface area (Å²) in [4.78, 5) is 17.4. The fourth-order valence-corrected chi connectivity index (χ4v) is 5.75. The van der Waals surface area contributed by atoms with Crippen molar-refractivity contribution in [2.24, 2.45) is 0 Å². The van der Waals surface area contributed by atoms with Gasteiger partial charge in [-0.05, 0) is 49.2 Å². The van der Waals surface area contributed by atoms with E-state index < -0.39 is 10.0 Å². The van der Waals surface area contributed by atoms with E-state index in [4.69, 9.17) is 5.26 Å². The number of nitrogens with zero attached hydrogens (tertiary/aromatic N) is 4. The van der Waals surface area contributed by atoms with E-state index >= 15 is 0 Å². The minimum absolute atomic E-state index is 0.101. The summed E-state index contributed by atoms with van der Waals surface area (Å²) in [5.74, 6) is 0.101. The van der Waals surface area contributed by atoms with Gasteiger partial charge in [-0.1, -0.05) is 30.3 Å². The number of rotatable bonds is 5. The van der Waals surface area contributed by atoms with Gasteiger partial charge in [0.25, 0.3) is 0 Å². The molecule has 2 fully saturated rings. The Morgan fingerprint density at radius 2 is 1.65 bits per heavy atom. The molecule has 31 heavy (non-hydrogen) atoms. The van der Waals surface area contributed by atoms with Crippen molar-refractivity contribution in [3.8, 4) is 6.07 Å². The number of sulfonamides is 1. The van der Waals surface area contributed by atoms with Crippen LogP contribution in [0.3, 0.4) is 0 Å². The predicted molar refractivity (Wildman–Crippen MR) is 116 cm³/mol. The average molecular weight is 439 g/mol. The van der Waals surface area contributed by atoms with Gasteiger partial charge in [0.2, 0.25) is 15.9 Å². The maximum absolute atomic E-state index is 13.2. The van der Waals surface area contributed by atoms with Crippen molar-refractivity contribution in [2.75, 3.05) is 32.7 Å². The summed E-state index contributed by atoms with van der Waals surface area (Å²) < 4.78 is 27.2. The minimum atomic E-state index is -3.63. The first kappa shape index (κ1) is 21.5. The van der Waals surface area contributed by atoms with E-state index in [-0.39, 0.29) is 29.9 Å². The molecule has 2 aliphatic heterocycles. The van der Waals surface area contributed by atoms with Crippen LogP contribution < -0.4 is 0 Å². The molecule has 0 bridgehead atoms. The number of hydrogen-bond donors (Lipinski definition) is 0. The van der Waals surface area contributed by atoms with Crippen molar-refractivity contribution < 1.29 is 13.2 Å². The van der Waals surface area contributed by atoms with E-state index in [1.807, 2.05) is 24.3 Å². The Kier molecular flexibility index (Phi) is 6.37. The van der Waals surface area contributed by atoms with E-state index in [1.54, 1.807) is 4.90 Å². The van der Waals surface area contributed by atoms with Crippen molar-refractivity contribution in [3.05, 3.63) is 65.7 Å². The Morgan fingerprint density at radius 3 is 2.29 bits per heavy atom. The fourth-order valence-electron chi connectivity index (χ4n) is 4.32. The maximum atomic E-state index is 13.2. The lowest BCUT2D eigenvalue weighted by Crippen LogP contribution is -2.54. The summed E-state index contributed by atoms with van der Waals surface area (Å²) >= 11 is 0.